The van der Waals surface area contributed by atoms with Crippen LogP contribution in [0.5, 0.6) is 0 Å². The van der Waals surface area contributed by atoms with E-state index in [0.717, 1.165) is 12.1 Å². The first-order chi connectivity index (χ1) is 13.5. The normalized spacial score (nSPS) is 15.0. The molecule has 3 aromatic rings. The summed E-state index contributed by atoms with van der Waals surface area (Å²) in [6.07, 6.45) is 1.28. The molecule has 0 bridgehead atoms. The van der Waals surface area contributed by atoms with Gasteiger partial charge in [-0.15, -0.1) is 0 Å². The van der Waals surface area contributed by atoms with Gasteiger partial charge in [-0.25, -0.2) is 8.78 Å². The van der Waals surface area contributed by atoms with E-state index in [1.54, 1.807) is 11.0 Å². The van der Waals surface area contributed by atoms with Crippen molar-refractivity contribution < 1.29 is 18.1 Å². The first-order valence-electron chi connectivity index (χ1n) is 8.86. The van der Waals surface area contributed by atoms with Crippen LogP contribution in [0.25, 0.3) is 11.4 Å². The summed E-state index contributed by atoms with van der Waals surface area (Å²) >= 11 is 6.17. The Kier molecular flexibility index (Phi) is 5.09. The molecule has 0 spiro atoms. The number of carbonyl (C=O) groups is 1. The summed E-state index contributed by atoms with van der Waals surface area (Å²) in [6.45, 7) is 0.929. The number of likely N-dealkylation sites (tertiary alicyclic amines) is 1. The summed E-state index contributed by atoms with van der Waals surface area (Å²) < 4.78 is 31.8. The van der Waals surface area contributed by atoms with Gasteiger partial charge in [-0.05, 0) is 43.2 Å². The van der Waals surface area contributed by atoms with Gasteiger partial charge in [-0.3, -0.25) is 4.79 Å². The highest BCUT2D eigenvalue weighted by Gasteiger charge is 2.28. The summed E-state index contributed by atoms with van der Waals surface area (Å²) in [6, 6.07) is 10.4. The van der Waals surface area contributed by atoms with Crippen molar-refractivity contribution in [2.45, 2.75) is 18.8 Å². The summed E-state index contributed by atoms with van der Waals surface area (Å²) in [5, 5.41) is 4.56. The molecular weight excluding hydrogens is 388 g/mol. The molecule has 0 N–H and O–H groups in total. The number of hydrogen-bond acceptors (Lipinski definition) is 4. The van der Waals surface area contributed by atoms with Crippen molar-refractivity contribution in [3.8, 4) is 11.4 Å². The smallest absolute Gasteiger partial charge is 0.253 e. The molecule has 2 aromatic carbocycles. The second kappa shape index (κ2) is 7.67. The lowest BCUT2D eigenvalue weighted by atomic mass is 9.96. The average Bonchev–Trinajstić information content (AvgIpc) is 3.20. The van der Waals surface area contributed by atoms with E-state index in [9.17, 15) is 13.6 Å². The van der Waals surface area contributed by atoms with Crippen molar-refractivity contribution in [2.75, 3.05) is 13.1 Å². The lowest BCUT2D eigenvalue weighted by Crippen LogP contribution is -2.38. The number of amides is 1. The molecule has 8 heteroatoms. The number of halogens is 3. The molecule has 5 nitrogen and oxygen atoms in total. The lowest BCUT2D eigenvalue weighted by molar-refractivity contribution is 0.0704. The number of benzene rings is 2. The zero-order chi connectivity index (χ0) is 19.7. The Hall–Kier alpha value is -2.80. The van der Waals surface area contributed by atoms with Crippen LogP contribution < -0.4 is 0 Å². The van der Waals surface area contributed by atoms with Crippen molar-refractivity contribution in [1.29, 1.82) is 0 Å². The van der Waals surface area contributed by atoms with Gasteiger partial charge in [0.2, 0.25) is 11.7 Å². The van der Waals surface area contributed by atoms with Crippen LogP contribution in [0, 0.1) is 11.6 Å². The van der Waals surface area contributed by atoms with E-state index in [0.29, 0.717) is 48.2 Å². The van der Waals surface area contributed by atoms with Gasteiger partial charge in [0, 0.05) is 30.1 Å². The Balaban J connectivity index is 1.42. The summed E-state index contributed by atoms with van der Waals surface area (Å²) in [4.78, 5) is 18.6. The maximum Gasteiger partial charge on any atom is 0.253 e. The Labute approximate surface area is 164 Å². The largest absolute Gasteiger partial charge is 0.339 e. The second-order valence-corrected chi connectivity index (χ2v) is 7.04. The van der Waals surface area contributed by atoms with Gasteiger partial charge in [-0.1, -0.05) is 28.9 Å². The molecule has 2 heterocycles. The number of hydrogen-bond donors (Lipinski definition) is 0. The highest BCUT2D eigenvalue weighted by Crippen LogP contribution is 2.31. The first-order valence-corrected chi connectivity index (χ1v) is 9.23. The molecule has 0 unspecified atom stereocenters. The minimum Gasteiger partial charge on any atom is -0.339 e. The van der Waals surface area contributed by atoms with Crippen LogP contribution in [0.4, 0.5) is 8.78 Å². The molecule has 4 rings (SSSR count). The molecular formula is C20H16ClF2N3O2. The summed E-state index contributed by atoms with van der Waals surface area (Å²) in [5.41, 5.74) is 0.835. The fourth-order valence-electron chi connectivity index (χ4n) is 3.29. The molecule has 144 valence electrons. The van der Waals surface area contributed by atoms with Crippen LogP contribution in [0.2, 0.25) is 5.02 Å². The monoisotopic (exact) mass is 403 g/mol. The highest BCUT2D eigenvalue weighted by molar-refractivity contribution is 6.33. The van der Waals surface area contributed by atoms with Crippen LogP contribution in [0.3, 0.4) is 0 Å². The van der Waals surface area contributed by atoms with Crippen molar-refractivity contribution in [1.82, 2.24) is 15.0 Å². The Bertz CT molecular complexity index is 1020. The van der Waals surface area contributed by atoms with E-state index in [1.807, 2.05) is 18.2 Å². The first kappa shape index (κ1) is 18.6. The number of nitrogens with zero attached hydrogens (tertiary/aromatic N) is 3. The SMILES string of the molecule is O=C(c1ccc(F)c(F)c1)N1CCC(c2nc(-c3ccccc3Cl)no2)CC1. The third-order valence-electron chi connectivity index (χ3n) is 4.85. The maximum atomic E-state index is 13.4. The Morgan fingerprint density at radius 1 is 1.11 bits per heavy atom. The molecule has 1 aromatic heterocycles. The van der Waals surface area contributed by atoms with E-state index in [1.165, 1.54) is 6.07 Å². The van der Waals surface area contributed by atoms with Gasteiger partial charge in [0.25, 0.3) is 5.91 Å². The Morgan fingerprint density at radius 3 is 2.57 bits per heavy atom. The molecule has 1 aliphatic heterocycles. The van der Waals surface area contributed by atoms with Crippen molar-refractivity contribution in [2.24, 2.45) is 0 Å². The number of aromatic nitrogens is 2. The van der Waals surface area contributed by atoms with E-state index in [2.05, 4.69) is 10.1 Å². The minimum atomic E-state index is -1.03. The molecule has 1 saturated heterocycles. The molecule has 0 atom stereocenters. The highest BCUT2D eigenvalue weighted by atomic mass is 35.5. The van der Waals surface area contributed by atoms with Crippen LogP contribution >= 0.6 is 11.6 Å². The van der Waals surface area contributed by atoms with Gasteiger partial charge in [-0.2, -0.15) is 4.98 Å². The minimum absolute atomic E-state index is 0.0257. The van der Waals surface area contributed by atoms with Gasteiger partial charge < -0.3 is 9.42 Å². The number of rotatable bonds is 3. The molecule has 1 fully saturated rings. The molecule has 1 aliphatic rings. The summed E-state index contributed by atoms with van der Waals surface area (Å²) in [7, 11) is 0. The van der Waals surface area contributed by atoms with Gasteiger partial charge in [0.05, 0.1) is 5.02 Å². The number of piperidine rings is 1. The lowest BCUT2D eigenvalue weighted by Gasteiger charge is -2.30. The molecule has 0 aliphatic carbocycles. The Morgan fingerprint density at radius 2 is 1.86 bits per heavy atom. The van der Waals surface area contributed by atoms with Crippen LogP contribution in [0.15, 0.2) is 47.0 Å². The van der Waals surface area contributed by atoms with Crippen molar-refractivity contribution in [3.05, 3.63) is 70.6 Å². The molecule has 0 radical (unpaired) electrons. The van der Waals surface area contributed by atoms with Gasteiger partial charge in [0.1, 0.15) is 0 Å². The zero-order valence-corrected chi connectivity index (χ0v) is 15.5. The van der Waals surface area contributed by atoms with E-state index in [4.69, 9.17) is 16.1 Å². The van der Waals surface area contributed by atoms with E-state index >= 15 is 0 Å². The second-order valence-electron chi connectivity index (χ2n) is 6.63. The third-order valence-corrected chi connectivity index (χ3v) is 5.18. The van der Waals surface area contributed by atoms with E-state index < -0.39 is 11.6 Å². The topological polar surface area (TPSA) is 59.2 Å². The molecule has 28 heavy (non-hydrogen) atoms. The molecule has 0 saturated carbocycles. The quantitative estimate of drug-likeness (QED) is 0.636. The van der Waals surface area contributed by atoms with Crippen molar-refractivity contribution in [3.63, 3.8) is 0 Å². The predicted octanol–water partition coefficient (Wildman–Crippen LogP) is 4.69. The standard InChI is InChI=1S/C20H16ClF2N3O2/c21-15-4-2-1-3-14(15)18-24-19(28-25-18)12-7-9-26(10-8-12)20(27)13-5-6-16(22)17(23)11-13/h1-6,11-12H,7-10H2. The van der Waals surface area contributed by atoms with Crippen molar-refractivity contribution >= 4 is 17.5 Å². The van der Waals surface area contributed by atoms with Gasteiger partial charge >= 0.3 is 0 Å². The summed E-state index contributed by atoms with van der Waals surface area (Å²) in [5.74, 6) is -1.35. The van der Waals surface area contributed by atoms with Crippen LogP contribution in [-0.2, 0) is 0 Å². The average molecular weight is 404 g/mol. The van der Waals surface area contributed by atoms with Crippen LogP contribution in [0.1, 0.15) is 35.0 Å². The van der Waals surface area contributed by atoms with Crippen LogP contribution in [-0.4, -0.2) is 34.0 Å². The maximum absolute atomic E-state index is 13.4. The number of carbonyl (C=O) groups excluding carboxylic acids is 1. The zero-order valence-electron chi connectivity index (χ0n) is 14.7. The molecule has 1 amide bonds. The fourth-order valence-corrected chi connectivity index (χ4v) is 3.51. The van der Waals surface area contributed by atoms with E-state index in [-0.39, 0.29) is 17.4 Å². The van der Waals surface area contributed by atoms with Gasteiger partial charge in [0.15, 0.2) is 11.6 Å². The predicted molar refractivity (Wildman–Crippen MR) is 99.0 cm³/mol. The third kappa shape index (κ3) is 3.62. The fraction of sp³-hybridized carbons (Fsp3) is 0.250.